The van der Waals surface area contributed by atoms with Crippen LogP contribution >= 0.6 is 0 Å². The minimum Gasteiger partial charge on any atom is -0.381 e. The Morgan fingerprint density at radius 3 is 1.89 bits per heavy atom. The molecule has 2 N–H and O–H groups in total. The SMILES string of the molecule is CC1CCOCC1.CN. The van der Waals surface area contributed by atoms with E-state index in [4.69, 9.17) is 4.74 Å². The Balaban J connectivity index is 0.000000291. The van der Waals surface area contributed by atoms with Crippen LogP contribution < -0.4 is 5.73 Å². The first kappa shape index (κ1) is 8.92. The van der Waals surface area contributed by atoms with Crippen LogP contribution in [0, 0.1) is 5.92 Å². The zero-order chi connectivity index (χ0) is 7.11. The van der Waals surface area contributed by atoms with E-state index in [1.54, 1.807) is 0 Å². The molecule has 0 unspecified atom stereocenters. The lowest BCUT2D eigenvalue weighted by Gasteiger charge is -2.16. The topological polar surface area (TPSA) is 35.2 Å². The Hall–Kier alpha value is -0.0800. The average Bonchev–Trinajstić information content (AvgIpc) is 1.94. The van der Waals surface area contributed by atoms with Crippen molar-refractivity contribution in [3.63, 3.8) is 0 Å². The minimum absolute atomic E-state index is 0.911. The molecular formula is C7H17NO. The Labute approximate surface area is 57.4 Å². The lowest BCUT2D eigenvalue weighted by Crippen LogP contribution is -2.12. The summed E-state index contributed by atoms with van der Waals surface area (Å²) < 4.78 is 5.14. The van der Waals surface area contributed by atoms with E-state index in [1.807, 2.05) is 0 Å². The molecule has 0 aromatic heterocycles. The van der Waals surface area contributed by atoms with Gasteiger partial charge in [0.2, 0.25) is 0 Å². The van der Waals surface area contributed by atoms with Gasteiger partial charge in [-0.25, -0.2) is 0 Å². The number of hydrogen-bond acceptors (Lipinski definition) is 2. The normalized spacial score (nSPS) is 20.3. The van der Waals surface area contributed by atoms with Crippen molar-refractivity contribution < 1.29 is 4.74 Å². The molecule has 1 rings (SSSR count). The van der Waals surface area contributed by atoms with Gasteiger partial charge in [0.1, 0.15) is 0 Å². The van der Waals surface area contributed by atoms with E-state index in [-0.39, 0.29) is 0 Å². The fraction of sp³-hybridized carbons (Fsp3) is 1.00. The third-order valence-electron chi connectivity index (χ3n) is 1.51. The highest BCUT2D eigenvalue weighted by molar-refractivity contribution is 4.55. The van der Waals surface area contributed by atoms with Crippen molar-refractivity contribution in [1.29, 1.82) is 0 Å². The van der Waals surface area contributed by atoms with Gasteiger partial charge in [-0.15, -0.1) is 0 Å². The molecule has 2 heteroatoms. The summed E-state index contributed by atoms with van der Waals surface area (Å²) in [6, 6.07) is 0. The monoisotopic (exact) mass is 131 g/mol. The highest BCUT2D eigenvalue weighted by Crippen LogP contribution is 2.11. The van der Waals surface area contributed by atoms with Gasteiger partial charge < -0.3 is 10.5 Å². The van der Waals surface area contributed by atoms with Crippen LogP contribution in [0.4, 0.5) is 0 Å². The van der Waals surface area contributed by atoms with Gasteiger partial charge in [0.25, 0.3) is 0 Å². The Morgan fingerprint density at radius 1 is 1.22 bits per heavy atom. The standard InChI is InChI=1S/C6H12O.CH5N/c1-6-2-4-7-5-3-6;1-2/h6H,2-5H2,1H3;2H2,1H3. The van der Waals surface area contributed by atoms with E-state index in [2.05, 4.69) is 12.7 Å². The molecule has 9 heavy (non-hydrogen) atoms. The molecule has 2 nitrogen and oxygen atoms in total. The molecule has 0 radical (unpaired) electrons. The van der Waals surface area contributed by atoms with Crippen LogP contribution in [0.5, 0.6) is 0 Å². The molecule has 1 aliphatic heterocycles. The predicted octanol–water partition coefficient (Wildman–Crippen LogP) is 1.01. The number of hydrogen-bond donors (Lipinski definition) is 1. The van der Waals surface area contributed by atoms with E-state index in [9.17, 15) is 0 Å². The summed E-state index contributed by atoms with van der Waals surface area (Å²) in [4.78, 5) is 0. The van der Waals surface area contributed by atoms with E-state index >= 15 is 0 Å². The largest absolute Gasteiger partial charge is 0.381 e. The fourth-order valence-corrected chi connectivity index (χ4v) is 0.815. The first-order chi connectivity index (χ1) is 4.39. The number of rotatable bonds is 0. The van der Waals surface area contributed by atoms with Crippen LogP contribution in [0.3, 0.4) is 0 Å². The lowest BCUT2D eigenvalue weighted by atomic mass is 10.0. The van der Waals surface area contributed by atoms with Crippen molar-refractivity contribution in [2.75, 3.05) is 20.3 Å². The van der Waals surface area contributed by atoms with Crippen LogP contribution in [0.2, 0.25) is 0 Å². The van der Waals surface area contributed by atoms with Crippen molar-refractivity contribution in [3.05, 3.63) is 0 Å². The molecule has 1 saturated heterocycles. The maximum atomic E-state index is 5.14. The molecule has 0 bridgehead atoms. The third-order valence-corrected chi connectivity index (χ3v) is 1.51. The molecule has 1 heterocycles. The Morgan fingerprint density at radius 2 is 1.67 bits per heavy atom. The molecule has 0 saturated carbocycles. The fourth-order valence-electron chi connectivity index (χ4n) is 0.815. The van der Waals surface area contributed by atoms with Gasteiger partial charge >= 0.3 is 0 Å². The van der Waals surface area contributed by atoms with Gasteiger partial charge in [-0.2, -0.15) is 0 Å². The summed E-state index contributed by atoms with van der Waals surface area (Å²) in [5.74, 6) is 0.911. The van der Waals surface area contributed by atoms with E-state index in [1.165, 1.54) is 19.9 Å². The average molecular weight is 131 g/mol. The lowest BCUT2D eigenvalue weighted by molar-refractivity contribution is 0.0716. The van der Waals surface area contributed by atoms with E-state index in [0.29, 0.717) is 0 Å². The van der Waals surface area contributed by atoms with E-state index in [0.717, 1.165) is 19.1 Å². The summed E-state index contributed by atoms with van der Waals surface area (Å²) in [6.07, 6.45) is 2.53. The molecule has 1 aliphatic rings. The Bertz CT molecular complexity index is 50.9. The quantitative estimate of drug-likeness (QED) is 0.532. The summed E-state index contributed by atoms with van der Waals surface area (Å²) in [6.45, 7) is 4.25. The smallest absolute Gasteiger partial charge is 0.0468 e. The molecular weight excluding hydrogens is 114 g/mol. The minimum atomic E-state index is 0.911. The molecule has 56 valence electrons. The molecule has 0 aromatic rings. The molecule has 0 amide bonds. The van der Waals surface area contributed by atoms with Gasteiger partial charge in [0, 0.05) is 13.2 Å². The summed E-state index contributed by atoms with van der Waals surface area (Å²) in [5.41, 5.74) is 4.50. The predicted molar refractivity (Wildman–Crippen MR) is 39.3 cm³/mol. The third kappa shape index (κ3) is 4.43. The zero-order valence-electron chi connectivity index (χ0n) is 6.39. The van der Waals surface area contributed by atoms with Crippen LogP contribution in [-0.2, 0) is 4.74 Å². The maximum Gasteiger partial charge on any atom is 0.0468 e. The number of ether oxygens (including phenoxy) is 1. The molecule has 0 aliphatic carbocycles. The van der Waals surface area contributed by atoms with Crippen molar-refractivity contribution in [1.82, 2.24) is 0 Å². The van der Waals surface area contributed by atoms with Crippen LogP contribution in [0.15, 0.2) is 0 Å². The second kappa shape index (κ2) is 6.05. The molecule has 1 fully saturated rings. The highest BCUT2D eigenvalue weighted by Gasteiger charge is 2.06. The van der Waals surface area contributed by atoms with Gasteiger partial charge in [0.05, 0.1) is 0 Å². The first-order valence-corrected chi connectivity index (χ1v) is 3.55. The second-order valence-corrected chi connectivity index (χ2v) is 2.29. The maximum absolute atomic E-state index is 5.14. The van der Waals surface area contributed by atoms with Crippen molar-refractivity contribution in [2.24, 2.45) is 11.7 Å². The van der Waals surface area contributed by atoms with Crippen LogP contribution in [0.1, 0.15) is 19.8 Å². The van der Waals surface area contributed by atoms with Crippen molar-refractivity contribution >= 4 is 0 Å². The first-order valence-electron chi connectivity index (χ1n) is 3.55. The van der Waals surface area contributed by atoms with Crippen LogP contribution in [0.25, 0.3) is 0 Å². The molecule has 0 aromatic carbocycles. The van der Waals surface area contributed by atoms with Crippen molar-refractivity contribution in [3.8, 4) is 0 Å². The van der Waals surface area contributed by atoms with Gasteiger partial charge in [-0.3, -0.25) is 0 Å². The van der Waals surface area contributed by atoms with Gasteiger partial charge in [0.15, 0.2) is 0 Å². The summed E-state index contributed by atoms with van der Waals surface area (Å²) in [5, 5.41) is 0. The zero-order valence-corrected chi connectivity index (χ0v) is 6.39. The van der Waals surface area contributed by atoms with Gasteiger partial charge in [-0.1, -0.05) is 6.92 Å². The number of nitrogens with two attached hydrogens (primary N) is 1. The molecule has 0 atom stereocenters. The molecule has 0 spiro atoms. The Kier molecular flexibility index (Phi) is 5.99. The van der Waals surface area contributed by atoms with Crippen molar-refractivity contribution in [2.45, 2.75) is 19.8 Å². The van der Waals surface area contributed by atoms with Crippen LogP contribution in [-0.4, -0.2) is 20.3 Å². The summed E-state index contributed by atoms with van der Waals surface area (Å²) in [7, 11) is 1.50. The second-order valence-electron chi connectivity index (χ2n) is 2.29. The van der Waals surface area contributed by atoms with E-state index < -0.39 is 0 Å². The highest BCUT2D eigenvalue weighted by atomic mass is 16.5. The summed E-state index contributed by atoms with van der Waals surface area (Å²) >= 11 is 0. The van der Waals surface area contributed by atoms with Gasteiger partial charge in [-0.05, 0) is 25.8 Å².